The van der Waals surface area contributed by atoms with Crippen LogP contribution >= 0.6 is 0 Å². The third-order valence-electron chi connectivity index (χ3n) is 4.75. The summed E-state index contributed by atoms with van der Waals surface area (Å²) in [5.74, 6) is 0.291. The number of carbonyl (C=O) groups is 1. The second kappa shape index (κ2) is 9.35. The summed E-state index contributed by atoms with van der Waals surface area (Å²) >= 11 is 0. The molecule has 0 bridgehead atoms. The lowest BCUT2D eigenvalue weighted by Gasteiger charge is -2.28. The van der Waals surface area contributed by atoms with Crippen molar-refractivity contribution < 1.29 is 4.79 Å². The van der Waals surface area contributed by atoms with E-state index in [9.17, 15) is 4.79 Å². The molecule has 6 nitrogen and oxygen atoms in total. The van der Waals surface area contributed by atoms with Gasteiger partial charge >= 0.3 is 0 Å². The van der Waals surface area contributed by atoms with Crippen molar-refractivity contribution in [2.75, 3.05) is 29.9 Å². The number of nitrogens with one attached hydrogen (secondary N) is 2. The van der Waals surface area contributed by atoms with Gasteiger partial charge in [-0.1, -0.05) is 13.3 Å². The molecule has 1 aromatic carbocycles. The normalized spacial score (nSPS) is 14.1. The van der Waals surface area contributed by atoms with Crippen molar-refractivity contribution in [1.29, 1.82) is 0 Å². The summed E-state index contributed by atoms with van der Waals surface area (Å²) < 4.78 is 0. The molecule has 1 amide bonds. The number of aryl methyl sites for hydroxylation is 1. The van der Waals surface area contributed by atoms with Crippen molar-refractivity contribution in [2.24, 2.45) is 0 Å². The molecular formula is C21H29N5O. The van der Waals surface area contributed by atoms with Crippen LogP contribution in [0.1, 0.15) is 55.2 Å². The summed E-state index contributed by atoms with van der Waals surface area (Å²) in [6, 6.07) is 10.0. The molecule has 0 saturated carbocycles. The van der Waals surface area contributed by atoms with E-state index < -0.39 is 0 Å². The van der Waals surface area contributed by atoms with E-state index >= 15 is 0 Å². The number of hydrogen-bond acceptors (Lipinski definition) is 5. The van der Waals surface area contributed by atoms with Crippen LogP contribution in [0.25, 0.3) is 0 Å². The van der Waals surface area contributed by atoms with E-state index in [0.717, 1.165) is 37.3 Å². The minimum Gasteiger partial charge on any atom is -0.372 e. The predicted octanol–water partition coefficient (Wildman–Crippen LogP) is 4.05. The van der Waals surface area contributed by atoms with Crippen molar-refractivity contribution in [2.45, 2.75) is 46.0 Å². The smallest absolute Gasteiger partial charge is 0.270 e. The Hall–Kier alpha value is -2.63. The van der Waals surface area contributed by atoms with Crippen LogP contribution in [0.4, 0.5) is 17.3 Å². The first-order chi connectivity index (χ1) is 13.2. The van der Waals surface area contributed by atoms with E-state index in [1.807, 2.05) is 19.1 Å². The molecule has 0 unspecified atom stereocenters. The van der Waals surface area contributed by atoms with E-state index in [2.05, 4.69) is 44.6 Å². The Kier molecular flexibility index (Phi) is 6.63. The Morgan fingerprint density at radius 1 is 1.11 bits per heavy atom. The number of carbonyl (C=O) groups excluding carboxylic acids is 1. The highest BCUT2D eigenvalue weighted by Crippen LogP contribution is 2.23. The first-order valence-electron chi connectivity index (χ1n) is 9.91. The van der Waals surface area contributed by atoms with Crippen LogP contribution in [0.2, 0.25) is 0 Å². The van der Waals surface area contributed by atoms with Gasteiger partial charge in [-0.3, -0.25) is 4.79 Å². The number of anilines is 3. The second-order valence-corrected chi connectivity index (χ2v) is 7.05. The maximum atomic E-state index is 12.3. The van der Waals surface area contributed by atoms with Crippen molar-refractivity contribution >= 4 is 23.2 Å². The highest BCUT2D eigenvalue weighted by molar-refractivity contribution is 5.92. The minimum absolute atomic E-state index is 0.155. The number of amides is 1. The van der Waals surface area contributed by atoms with Gasteiger partial charge in [0.15, 0.2) is 0 Å². The predicted molar refractivity (Wildman–Crippen MR) is 110 cm³/mol. The maximum Gasteiger partial charge on any atom is 0.270 e. The Morgan fingerprint density at radius 2 is 1.85 bits per heavy atom. The fourth-order valence-electron chi connectivity index (χ4n) is 3.25. The summed E-state index contributed by atoms with van der Waals surface area (Å²) in [5.41, 5.74) is 3.32. The van der Waals surface area contributed by atoms with Gasteiger partial charge in [0.1, 0.15) is 5.69 Å². The molecule has 1 aliphatic rings. The standard InChI is InChI=1S/C21H29N5O/c1-3-4-12-22-20(27)19-15-16(2)23-21(25-19)24-17-8-10-18(11-9-17)26-13-6-5-7-14-26/h8-11,15H,3-7,12-14H2,1-2H3,(H,22,27)(H,23,24,25). The van der Waals surface area contributed by atoms with E-state index in [-0.39, 0.29) is 5.91 Å². The first kappa shape index (κ1) is 19.1. The highest BCUT2D eigenvalue weighted by atomic mass is 16.1. The van der Waals surface area contributed by atoms with Crippen molar-refractivity contribution in [3.63, 3.8) is 0 Å². The zero-order valence-corrected chi connectivity index (χ0v) is 16.3. The number of benzene rings is 1. The van der Waals surface area contributed by atoms with Gasteiger partial charge in [-0.15, -0.1) is 0 Å². The minimum atomic E-state index is -0.155. The lowest BCUT2D eigenvalue weighted by Crippen LogP contribution is -2.29. The molecule has 1 fully saturated rings. The molecule has 0 radical (unpaired) electrons. The van der Waals surface area contributed by atoms with Crippen LogP contribution in [0.3, 0.4) is 0 Å². The molecule has 144 valence electrons. The zero-order valence-electron chi connectivity index (χ0n) is 16.3. The van der Waals surface area contributed by atoms with Crippen LogP contribution in [-0.2, 0) is 0 Å². The van der Waals surface area contributed by atoms with E-state index in [1.165, 1.54) is 24.9 Å². The van der Waals surface area contributed by atoms with Crippen LogP contribution in [0.5, 0.6) is 0 Å². The van der Waals surface area contributed by atoms with E-state index in [0.29, 0.717) is 18.2 Å². The quantitative estimate of drug-likeness (QED) is 0.723. The Labute approximate surface area is 161 Å². The van der Waals surface area contributed by atoms with Crippen LogP contribution < -0.4 is 15.5 Å². The van der Waals surface area contributed by atoms with Gasteiger partial charge in [0, 0.05) is 36.7 Å². The molecule has 6 heteroatoms. The zero-order chi connectivity index (χ0) is 19.1. The average Bonchev–Trinajstić information content (AvgIpc) is 2.69. The first-order valence-corrected chi connectivity index (χ1v) is 9.91. The van der Waals surface area contributed by atoms with E-state index in [1.54, 1.807) is 6.07 Å². The maximum absolute atomic E-state index is 12.3. The van der Waals surface area contributed by atoms with Gasteiger partial charge in [0.25, 0.3) is 5.91 Å². The fraction of sp³-hybridized carbons (Fsp3) is 0.476. The summed E-state index contributed by atoms with van der Waals surface area (Å²) in [7, 11) is 0. The van der Waals surface area contributed by atoms with Gasteiger partial charge in [-0.2, -0.15) is 0 Å². The molecule has 3 rings (SSSR count). The van der Waals surface area contributed by atoms with Gasteiger partial charge in [0.05, 0.1) is 0 Å². The lowest BCUT2D eigenvalue weighted by atomic mass is 10.1. The molecule has 2 heterocycles. The number of nitrogens with zero attached hydrogens (tertiary/aromatic N) is 3. The van der Waals surface area contributed by atoms with Crippen LogP contribution in [0, 0.1) is 6.92 Å². The number of aromatic nitrogens is 2. The second-order valence-electron chi connectivity index (χ2n) is 7.05. The Balaban J connectivity index is 1.66. The topological polar surface area (TPSA) is 70.2 Å². The van der Waals surface area contributed by atoms with Crippen LogP contribution in [-0.4, -0.2) is 35.5 Å². The average molecular weight is 367 g/mol. The number of hydrogen-bond donors (Lipinski definition) is 2. The Morgan fingerprint density at radius 3 is 2.56 bits per heavy atom. The summed E-state index contributed by atoms with van der Waals surface area (Å²) in [6.45, 7) is 6.89. The van der Waals surface area contributed by atoms with E-state index in [4.69, 9.17) is 0 Å². The largest absolute Gasteiger partial charge is 0.372 e. The molecule has 2 aromatic rings. The molecule has 0 spiro atoms. The van der Waals surface area contributed by atoms with Gasteiger partial charge in [-0.25, -0.2) is 9.97 Å². The third-order valence-corrected chi connectivity index (χ3v) is 4.75. The summed E-state index contributed by atoms with van der Waals surface area (Å²) in [6.07, 6.45) is 5.86. The fourth-order valence-corrected chi connectivity index (χ4v) is 3.25. The molecule has 0 atom stereocenters. The lowest BCUT2D eigenvalue weighted by molar-refractivity contribution is 0.0948. The third kappa shape index (κ3) is 5.42. The van der Waals surface area contributed by atoms with Crippen molar-refractivity contribution in [3.8, 4) is 0 Å². The van der Waals surface area contributed by atoms with Crippen molar-refractivity contribution in [3.05, 3.63) is 41.7 Å². The molecule has 1 aliphatic heterocycles. The number of piperidine rings is 1. The number of unbranched alkanes of at least 4 members (excludes halogenated alkanes) is 1. The summed E-state index contributed by atoms with van der Waals surface area (Å²) in [4.78, 5) is 23.5. The molecule has 27 heavy (non-hydrogen) atoms. The van der Waals surface area contributed by atoms with Gasteiger partial charge < -0.3 is 15.5 Å². The molecule has 0 aliphatic carbocycles. The number of rotatable bonds is 7. The highest BCUT2D eigenvalue weighted by Gasteiger charge is 2.12. The Bertz CT molecular complexity index is 754. The molecule has 2 N–H and O–H groups in total. The SMILES string of the molecule is CCCCNC(=O)c1cc(C)nc(Nc2ccc(N3CCCCC3)cc2)n1. The van der Waals surface area contributed by atoms with Crippen molar-refractivity contribution in [1.82, 2.24) is 15.3 Å². The monoisotopic (exact) mass is 367 g/mol. The molecular weight excluding hydrogens is 338 g/mol. The molecule has 1 aromatic heterocycles. The van der Waals surface area contributed by atoms with Gasteiger partial charge in [-0.05, 0) is 62.9 Å². The molecule has 1 saturated heterocycles. The van der Waals surface area contributed by atoms with Crippen LogP contribution in [0.15, 0.2) is 30.3 Å². The van der Waals surface area contributed by atoms with Gasteiger partial charge in [0.2, 0.25) is 5.95 Å². The summed E-state index contributed by atoms with van der Waals surface area (Å²) in [5, 5.41) is 6.12.